The van der Waals surface area contributed by atoms with Gasteiger partial charge in [-0.25, -0.2) is 4.68 Å². The molecule has 24 heavy (non-hydrogen) atoms. The lowest BCUT2D eigenvalue weighted by atomic mass is 10.1. The van der Waals surface area contributed by atoms with Crippen molar-refractivity contribution >= 4 is 34.1 Å². The van der Waals surface area contributed by atoms with Crippen molar-refractivity contribution in [3.63, 3.8) is 0 Å². The number of carbonyl (C=O) groups excluding carboxylic acids is 1. The Morgan fingerprint density at radius 3 is 2.79 bits per heavy atom. The minimum Gasteiger partial charge on any atom is -0.336 e. The molecule has 0 bridgehead atoms. The standard InChI is InChI=1S/C17H19N5OS/c1-2-5-15-20-21-17(22(15)18)24-11-16(23)19-14-9-8-12-6-3-4-7-13(12)10-14/h3-4,6-10H,2,5,11,18H2,1H3,(H,19,23). The van der Waals surface area contributed by atoms with Crippen LogP contribution in [0, 0.1) is 0 Å². The van der Waals surface area contributed by atoms with E-state index < -0.39 is 0 Å². The summed E-state index contributed by atoms with van der Waals surface area (Å²) in [7, 11) is 0. The summed E-state index contributed by atoms with van der Waals surface area (Å²) in [6.45, 7) is 2.05. The van der Waals surface area contributed by atoms with Gasteiger partial charge in [0, 0.05) is 12.1 Å². The average molecular weight is 341 g/mol. The Kier molecular flexibility index (Phi) is 5.00. The molecular formula is C17H19N5OS. The number of amides is 1. The van der Waals surface area contributed by atoms with Crippen molar-refractivity contribution in [1.29, 1.82) is 0 Å². The Bertz CT molecular complexity index is 861. The summed E-state index contributed by atoms with van der Waals surface area (Å²) in [5.74, 6) is 6.79. The van der Waals surface area contributed by atoms with Crippen LogP contribution in [0.1, 0.15) is 19.2 Å². The van der Waals surface area contributed by atoms with E-state index in [1.54, 1.807) is 0 Å². The summed E-state index contributed by atoms with van der Waals surface area (Å²) in [5.41, 5.74) is 0.778. The number of nitrogen functional groups attached to an aromatic ring is 1. The van der Waals surface area contributed by atoms with E-state index in [2.05, 4.69) is 22.4 Å². The fourth-order valence-corrected chi connectivity index (χ4v) is 3.07. The third-order valence-corrected chi connectivity index (χ3v) is 4.52. The minimum absolute atomic E-state index is 0.102. The highest BCUT2D eigenvalue weighted by molar-refractivity contribution is 7.99. The molecule has 0 fully saturated rings. The number of nitrogens with zero attached hydrogens (tertiary/aromatic N) is 3. The van der Waals surface area contributed by atoms with E-state index in [4.69, 9.17) is 5.84 Å². The van der Waals surface area contributed by atoms with Crippen LogP contribution in [0.3, 0.4) is 0 Å². The Hall–Kier alpha value is -2.54. The van der Waals surface area contributed by atoms with Crippen LogP contribution in [-0.2, 0) is 11.2 Å². The highest BCUT2D eigenvalue weighted by Crippen LogP contribution is 2.20. The lowest BCUT2D eigenvalue weighted by Gasteiger charge is -2.06. The van der Waals surface area contributed by atoms with Crippen molar-refractivity contribution in [2.75, 3.05) is 16.9 Å². The van der Waals surface area contributed by atoms with Crippen LogP contribution < -0.4 is 11.2 Å². The number of fused-ring (bicyclic) bond motifs is 1. The summed E-state index contributed by atoms with van der Waals surface area (Å²) < 4.78 is 1.46. The molecule has 0 radical (unpaired) electrons. The first-order valence-corrected chi connectivity index (χ1v) is 8.76. The number of aryl methyl sites for hydroxylation is 1. The van der Waals surface area contributed by atoms with E-state index in [-0.39, 0.29) is 11.7 Å². The van der Waals surface area contributed by atoms with Gasteiger partial charge >= 0.3 is 0 Å². The molecule has 1 aromatic heterocycles. The largest absolute Gasteiger partial charge is 0.336 e. The Balaban J connectivity index is 1.60. The summed E-state index contributed by atoms with van der Waals surface area (Å²) in [6, 6.07) is 13.9. The molecule has 3 aromatic rings. The molecule has 0 unspecified atom stereocenters. The number of thioether (sulfide) groups is 1. The molecule has 3 rings (SSSR count). The summed E-state index contributed by atoms with van der Waals surface area (Å²) in [4.78, 5) is 12.1. The SMILES string of the molecule is CCCc1nnc(SCC(=O)Nc2ccc3ccccc3c2)n1N. The fourth-order valence-electron chi connectivity index (χ4n) is 2.39. The molecule has 0 saturated carbocycles. The molecule has 0 saturated heterocycles. The van der Waals surface area contributed by atoms with Gasteiger partial charge in [0.25, 0.3) is 0 Å². The molecule has 7 heteroatoms. The number of aromatic nitrogens is 3. The molecule has 124 valence electrons. The third-order valence-electron chi connectivity index (χ3n) is 3.57. The van der Waals surface area contributed by atoms with Gasteiger partial charge in [-0.05, 0) is 29.3 Å². The number of nitrogens with two attached hydrogens (primary N) is 1. The van der Waals surface area contributed by atoms with Crippen molar-refractivity contribution in [2.45, 2.75) is 24.9 Å². The first kappa shape index (κ1) is 16.3. The van der Waals surface area contributed by atoms with Gasteiger partial charge in [0.05, 0.1) is 5.75 Å². The minimum atomic E-state index is -0.102. The maximum Gasteiger partial charge on any atom is 0.234 e. The maximum absolute atomic E-state index is 12.1. The maximum atomic E-state index is 12.1. The fraction of sp³-hybridized carbons (Fsp3) is 0.235. The molecule has 0 aliphatic rings. The van der Waals surface area contributed by atoms with Crippen LogP contribution >= 0.6 is 11.8 Å². The summed E-state index contributed by atoms with van der Waals surface area (Å²) in [6.07, 6.45) is 1.72. The molecule has 3 N–H and O–H groups in total. The van der Waals surface area contributed by atoms with Crippen molar-refractivity contribution in [3.8, 4) is 0 Å². The topological polar surface area (TPSA) is 85.8 Å². The number of hydrogen-bond acceptors (Lipinski definition) is 5. The zero-order chi connectivity index (χ0) is 16.9. The van der Waals surface area contributed by atoms with Crippen molar-refractivity contribution < 1.29 is 4.79 Å². The van der Waals surface area contributed by atoms with Crippen molar-refractivity contribution in [3.05, 3.63) is 48.3 Å². The predicted octanol–water partition coefficient (Wildman–Crippen LogP) is 2.83. The predicted molar refractivity (Wildman–Crippen MR) is 97.5 cm³/mol. The number of nitrogens with one attached hydrogen (secondary N) is 1. The highest BCUT2D eigenvalue weighted by Gasteiger charge is 2.12. The number of anilines is 1. The Labute approximate surface area is 144 Å². The smallest absolute Gasteiger partial charge is 0.234 e. The van der Waals surface area contributed by atoms with E-state index in [9.17, 15) is 4.79 Å². The molecule has 2 aromatic carbocycles. The summed E-state index contributed by atoms with van der Waals surface area (Å²) >= 11 is 1.28. The second-order valence-electron chi connectivity index (χ2n) is 5.42. The molecule has 1 amide bonds. The zero-order valence-electron chi connectivity index (χ0n) is 13.4. The van der Waals surface area contributed by atoms with Crippen LogP contribution in [0.2, 0.25) is 0 Å². The van der Waals surface area contributed by atoms with Crippen LogP contribution in [0.25, 0.3) is 10.8 Å². The van der Waals surface area contributed by atoms with Crippen LogP contribution in [0.15, 0.2) is 47.6 Å². The Morgan fingerprint density at radius 2 is 2.00 bits per heavy atom. The van der Waals surface area contributed by atoms with Crippen molar-refractivity contribution in [1.82, 2.24) is 14.9 Å². The Morgan fingerprint density at radius 1 is 1.21 bits per heavy atom. The van der Waals surface area contributed by atoms with Gasteiger partial charge in [0.2, 0.25) is 11.1 Å². The molecule has 0 atom stereocenters. The average Bonchev–Trinajstić information content (AvgIpc) is 2.93. The number of carbonyl (C=O) groups is 1. The number of hydrogen-bond donors (Lipinski definition) is 2. The van der Waals surface area contributed by atoms with Gasteiger partial charge < -0.3 is 11.2 Å². The van der Waals surface area contributed by atoms with E-state index in [0.717, 1.165) is 35.1 Å². The summed E-state index contributed by atoms with van der Waals surface area (Å²) in [5, 5.41) is 13.7. The molecule has 0 aliphatic heterocycles. The third kappa shape index (κ3) is 3.68. The quantitative estimate of drug-likeness (QED) is 0.532. The van der Waals surface area contributed by atoms with Crippen molar-refractivity contribution in [2.24, 2.45) is 0 Å². The molecule has 0 aliphatic carbocycles. The second kappa shape index (κ2) is 7.35. The van der Waals surface area contributed by atoms with Gasteiger partial charge in [0.1, 0.15) is 0 Å². The molecule has 1 heterocycles. The molecule has 6 nitrogen and oxygen atoms in total. The van der Waals surface area contributed by atoms with E-state index >= 15 is 0 Å². The van der Waals surface area contributed by atoms with Crippen LogP contribution in [-0.4, -0.2) is 26.5 Å². The van der Waals surface area contributed by atoms with Crippen LogP contribution in [0.4, 0.5) is 5.69 Å². The second-order valence-corrected chi connectivity index (χ2v) is 6.36. The van der Waals surface area contributed by atoms with Crippen LogP contribution in [0.5, 0.6) is 0 Å². The number of benzene rings is 2. The lowest BCUT2D eigenvalue weighted by molar-refractivity contribution is -0.113. The molecular weight excluding hydrogens is 322 g/mol. The van der Waals surface area contributed by atoms with Gasteiger partial charge in [-0.15, -0.1) is 10.2 Å². The normalized spacial score (nSPS) is 10.9. The van der Waals surface area contributed by atoms with E-state index in [0.29, 0.717) is 5.16 Å². The highest BCUT2D eigenvalue weighted by atomic mass is 32.2. The van der Waals surface area contributed by atoms with Gasteiger partial charge in [-0.2, -0.15) is 0 Å². The van der Waals surface area contributed by atoms with E-state index in [1.165, 1.54) is 16.4 Å². The lowest BCUT2D eigenvalue weighted by Crippen LogP contribution is -2.17. The van der Waals surface area contributed by atoms with Gasteiger partial charge in [-0.3, -0.25) is 4.79 Å². The number of rotatable bonds is 6. The first-order valence-electron chi connectivity index (χ1n) is 7.78. The molecule has 0 spiro atoms. The van der Waals surface area contributed by atoms with E-state index in [1.807, 2.05) is 42.5 Å². The first-order chi connectivity index (χ1) is 11.7. The van der Waals surface area contributed by atoms with Gasteiger partial charge in [0.15, 0.2) is 5.82 Å². The van der Waals surface area contributed by atoms with Gasteiger partial charge in [-0.1, -0.05) is 49.0 Å². The monoisotopic (exact) mass is 341 g/mol. The zero-order valence-corrected chi connectivity index (χ0v) is 14.2.